The zero-order chi connectivity index (χ0) is 13.1. The van der Waals surface area contributed by atoms with Crippen LogP contribution in [0.4, 0.5) is 8.78 Å². The van der Waals surface area contributed by atoms with Crippen LogP contribution in [-0.2, 0) is 0 Å². The summed E-state index contributed by atoms with van der Waals surface area (Å²) in [5.41, 5.74) is 5.91. The van der Waals surface area contributed by atoms with Gasteiger partial charge in [-0.15, -0.1) is 0 Å². The Morgan fingerprint density at radius 3 is 2.71 bits per heavy atom. The SMILES string of the molecule is Cc1ccc(C(=O)NCC(F)(F)CN)c(Cl)c1. The van der Waals surface area contributed by atoms with Crippen molar-refractivity contribution in [2.24, 2.45) is 5.73 Å². The average Bonchev–Trinajstić information content (AvgIpc) is 2.26. The maximum atomic E-state index is 12.8. The fourth-order valence-corrected chi connectivity index (χ4v) is 1.50. The Morgan fingerprint density at radius 2 is 2.18 bits per heavy atom. The van der Waals surface area contributed by atoms with Gasteiger partial charge < -0.3 is 11.1 Å². The van der Waals surface area contributed by atoms with Crippen LogP contribution in [0.2, 0.25) is 5.02 Å². The van der Waals surface area contributed by atoms with Crippen molar-refractivity contribution in [1.29, 1.82) is 0 Å². The summed E-state index contributed by atoms with van der Waals surface area (Å²) in [4.78, 5) is 11.6. The summed E-state index contributed by atoms with van der Waals surface area (Å²) in [5, 5.41) is 2.33. The molecule has 0 aliphatic rings. The van der Waals surface area contributed by atoms with Crippen LogP contribution < -0.4 is 11.1 Å². The number of carbonyl (C=O) groups is 1. The van der Waals surface area contributed by atoms with Gasteiger partial charge in [-0.25, -0.2) is 8.78 Å². The Balaban J connectivity index is 2.71. The van der Waals surface area contributed by atoms with Crippen molar-refractivity contribution in [3.63, 3.8) is 0 Å². The van der Waals surface area contributed by atoms with E-state index in [0.29, 0.717) is 0 Å². The van der Waals surface area contributed by atoms with Gasteiger partial charge in [0, 0.05) is 0 Å². The van der Waals surface area contributed by atoms with E-state index in [-0.39, 0.29) is 10.6 Å². The van der Waals surface area contributed by atoms with Crippen molar-refractivity contribution >= 4 is 17.5 Å². The molecule has 3 N–H and O–H groups in total. The molecule has 0 heterocycles. The smallest absolute Gasteiger partial charge is 0.277 e. The molecule has 0 saturated carbocycles. The maximum Gasteiger partial charge on any atom is 0.277 e. The molecule has 1 amide bonds. The first kappa shape index (κ1) is 13.9. The molecule has 6 heteroatoms. The molecule has 0 atom stereocenters. The molecule has 0 radical (unpaired) electrons. The summed E-state index contributed by atoms with van der Waals surface area (Å²) < 4.78 is 25.6. The summed E-state index contributed by atoms with van der Waals surface area (Å²) in [6.45, 7) is 0.206. The van der Waals surface area contributed by atoms with Crippen LogP contribution in [0.3, 0.4) is 0 Å². The molecule has 0 unspecified atom stereocenters. The Labute approximate surface area is 103 Å². The third kappa shape index (κ3) is 3.94. The quantitative estimate of drug-likeness (QED) is 0.872. The van der Waals surface area contributed by atoms with Crippen LogP contribution in [0.1, 0.15) is 15.9 Å². The van der Waals surface area contributed by atoms with Crippen molar-refractivity contribution in [1.82, 2.24) is 5.32 Å². The number of nitrogens with one attached hydrogen (secondary N) is 1. The first-order valence-corrected chi connectivity index (χ1v) is 5.36. The Hall–Kier alpha value is -1.20. The number of hydrogen-bond donors (Lipinski definition) is 2. The minimum Gasteiger partial charge on any atom is -0.346 e. The molecule has 0 spiro atoms. The molecule has 0 fully saturated rings. The summed E-state index contributed by atoms with van der Waals surface area (Å²) in [7, 11) is 0. The van der Waals surface area contributed by atoms with E-state index in [9.17, 15) is 13.6 Å². The second-order valence-corrected chi connectivity index (χ2v) is 4.13. The summed E-state index contributed by atoms with van der Waals surface area (Å²) in [6.07, 6.45) is 0. The number of hydrogen-bond acceptors (Lipinski definition) is 2. The molecule has 1 aromatic carbocycles. The number of amides is 1. The van der Waals surface area contributed by atoms with Gasteiger partial charge >= 0.3 is 0 Å². The first-order valence-electron chi connectivity index (χ1n) is 4.98. The van der Waals surface area contributed by atoms with Gasteiger partial charge in [-0.05, 0) is 24.6 Å². The highest BCUT2D eigenvalue weighted by molar-refractivity contribution is 6.33. The van der Waals surface area contributed by atoms with Crippen LogP contribution in [-0.4, -0.2) is 24.9 Å². The van der Waals surface area contributed by atoms with Gasteiger partial charge in [0.1, 0.15) is 0 Å². The largest absolute Gasteiger partial charge is 0.346 e. The molecule has 1 aromatic rings. The number of aryl methyl sites for hydroxylation is 1. The lowest BCUT2D eigenvalue weighted by atomic mass is 10.1. The molecule has 0 aliphatic heterocycles. The van der Waals surface area contributed by atoms with E-state index in [2.05, 4.69) is 5.32 Å². The molecule has 1 rings (SSSR count). The van der Waals surface area contributed by atoms with E-state index < -0.39 is 24.9 Å². The van der Waals surface area contributed by atoms with Gasteiger partial charge in [-0.3, -0.25) is 4.79 Å². The van der Waals surface area contributed by atoms with E-state index >= 15 is 0 Å². The predicted molar refractivity (Wildman–Crippen MR) is 62.5 cm³/mol. The highest BCUT2D eigenvalue weighted by atomic mass is 35.5. The molecular weight excluding hydrogens is 250 g/mol. The molecule has 0 saturated heterocycles. The number of alkyl halides is 2. The number of carbonyl (C=O) groups excluding carboxylic acids is 1. The van der Waals surface area contributed by atoms with Crippen molar-refractivity contribution < 1.29 is 13.6 Å². The van der Waals surface area contributed by atoms with E-state index in [1.165, 1.54) is 6.07 Å². The van der Waals surface area contributed by atoms with Crippen molar-refractivity contribution in [2.75, 3.05) is 13.1 Å². The van der Waals surface area contributed by atoms with E-state index in [0.717, 1.165) is 5.56 Å². The molecule has 94 valence electrons. The van der Waals surface area contributed by atoms with Crippen LogP contribution >= 0.6 is 11.6 Å². The first-order chi connectivity index (χ1) is 7.85. The highest BCUT2D eigenvalue weighted by Crippen LogP contribution is 2.18. The zero-order valence-corrected chi connectivity index (χ0v) is 10.0. The van der Waals surface area contributed by atoms with Gasteiger partial charge in [-0.2, -0.15) is 0 Å². The molecule has 3 nitrogen and oxygen atoms in total. The maximum absolute atomic E-state index is 12.8. The second-order valence-electron chi connectivity index (χ2n) is 3.73. The van der Waals surface area contributed by atoms with E-state index in [1.54, 1.807) is 12.1 Å². The lowest BCUT2D eigenvalue weighted by Crippen LogP contribution is -2.41. The van der Waals surface area contributed by atoms with Gasteiger partial charge in [0.25, 0.3) is 11.8 Å². The van der Waals surface area contributed by atoms with Gasteiger partial charge in [-0.1, -0.05) is 17.7 Å². The number of benzene rings is 1. The second kappa shape index (κ2) is 5.42. The van der Waals surface area contributed by atoms with Crippen LogP contribution in [0.5, 0.6) is 0 Å². The normalized spacial score (nSPS) is 11.4. The Bertz CT molecular complexity index is 424. The topological polar surface area (TPSA) is 55.1 Å². The molecule has 0 aliphatic carbocycles. The minimum atomic E-state index is -3.10. The lowest BCUT2D eigenvalue weighted by molar-refractivity contribution is 0.0118. The van der Waals surface area contributed by atoms with Gasteiger partial charge in [0.05, 0.1) is 23.7 Å². The predicted octanol–water partition coefficient (Wildman–Crippen LogP) is 1.97. The molecule has 0 aromatic heterocycles. The third-order valence-corrected chi connectivity index (χ3v) is 2.49. The molecule has 17 heavy (non-hydrogen) atoms. The number of halogens is 3. The fraction of sp³-hybridized carbons (Fsp3) is 0.364. The molecule has 0 bridgehead atoms. The number of rotatable bonds is 4. The van der Waals surface area contributed by atoms with Gasteiger partial charge in [0.2, 0.25) is 0 Å². The van der Waals surface area contributed by atoms with Gasteiger partial charge in [0.15, 0.2) is 0 Å². The van der Waals surface area contributed by atoms with E-state index in [1.807, 2.05) is 6.92 Å². The van der Waals surface area contributed by atoms with E-state index in [4.69, 9.17) is 17.3 Å². The minimum absolute atomic E-state index is 0.171. The summed E-state index contributed by atoms with van der Waals surface area (Å²) >= 11 is 5.84. The summed E-state index contributed by atoms with van der Waals surface area (Å²) in [6, 6.07) is 4.77. The van der Waals surface area contributed by atoms with Crippen LogP contribution in [0.15, 0.2) is 18.2 Å². The monoisotopic (exact) mass is 262 g/mol. The van der Waals surface area contributed by atoms with Crippen molar-refractivity contribution in [3.05, 3.63) is 34.3 Å². The van der Waals surface area contributed by atoms with Crippen LogP contribution in [0, 0.1) is 6.92 Å². The number of nitrogens with two attached hydrogens (primary N) is 1. The Kier molecular flexibility index (Phi) is 4.42. The average molecular weight is 263 g/mol. The lowest BCUT2D eigenvalue weighted by Gasteiger charge is -2.14. The third-order valence-electron chi connectivity index (χ3n) is 2.18. The zero-order valence-electron chi connectivity index (χ0n) is 9.27. The van der Waals surface area contributed by atoms with Crippen molar-refractivity contribution in [2.45, 2.75) is 12.8 Å². The van der Waals surface area contributed by atoms with Crippen molar-refractivity contribution in [3.8, 4) is 0 Å². The Morgan fingerprint density at radius 1 is 1.53 bits per heavy atom. The van der Waals surface area contributed by atoms with Crippen LogP contribution in [0.25, 0.3) is 0 Å². The fourth-order valence-electron chi connectivity index (χ4n) is 1.18. The highest BCUT2D eigenvalue weighted by Gasteiger charge is 2.27. The molecular formula is C11H13ClF2N2O. The summed E-state index contributed by atoms with van der Waals surface area (Å²) in [5.74, 6) is -3.74. The standard InChI is InChI=1S/C11H13ClF2N2O/c1-7-2-3-8(9(12)4-7)10(17)16-6-11(13,14)5-15/h2-4H,5-6,15H2,1H3,(H,16,17).